The zero-order chi connectivity index (χ0) is 20.7. The molecule has 0 spiro atoms. The minimum Gasteiger partial charge on any atom is -0.487 e. The summed E-state index contributed by atoms with van der Waals surface area (Å²) in [5.74, 6) is 2.43. The van der Waals surface area contributed by atoms with Crippen molar-refractivity contribution in [2.45, 2.75) is 51.9 Å². The first-order valence-electron chi connectivity index (χ1n) is 10.2. The van der Waals surface area contributed by atoms with Gasteiger partial charge in [-0.1, -0.05) is 46.1 Å². The highest BCUT2D eigenvalue weighted by molar-refractivity contribution is 6.18. The van der Waals surface area contributed by atoms with E-state index in [2.05, 4.69) is 32.9 Å². The van der Waals surface area contributed by atoms with Gasteiger partial charge in [-0.25, -0.2) is 0 Å². The first-order chi connectivity index (χ1) is 13.5. The Kier molecular flexibility index (Phi) is 13.8. The van der Waals surface area contributed by atoms with Crippen LogP contribution in [0.5, 0.6) is 11.5 Å². The average Bonchev–Trinajstić information content (AvgIpc) is 2.68. The molecule has 0 atom stereocenters. The minimum absolute atomic E-state index is 0.0877. The van der Waals surface area contributed by atoms with E-state index in [0.717, 1.165) is 17.9 Å². The van der Waals surface area contributed by atoms with E-state index in [-0.39, 0.29) is 5.41 Å². The molecule has 0 radical (unpaired) electrons. The van der Waals surface area contributed by atoms with Gasteiger partial charge in [0.2, 0.25) is 0 Å². The molecule has 0 saturated carbocycles. The lowest BCUT2D eigenvalue weighted by Gasteiger charge is -2.26. The molecule has 28 heavy (non-hydrogen) atoms. The Labute approximate surface area is 180 Å². The molecule has 0 aliphatic heterocycles. The summed E-state index contributed by atoms with van der Waals surface area (Å²) in [6, 6.07) is 6.23. The zero-order valence-corrected chi connectivity index (χ0v) is 19.1. The molecule has 0 saturated heterocycles. The van der Waals surface area contributed by atoms with Crippen molar-refractivity contribution in [3.05, 3.63) is 23.8 Å². The Balaban J connectivity index is 2.77. The van der Waals surface area contributed by atoms with Gasteiger partial charge in [-0.2, -0.15) is 0 Å². The Morgan fingerprint density at radius 2 is 1.39 bits per heavy atom. The lowest BCUT2D eigenvalue weighted by molar-refractivity contribution is 0.101. The van der Waals surface area contributed by atoms with E-state index < -0.39 is 0 Å². The fraction of sp³-hybridized carbons (Fsp3) is 0.727. The van der Waals surface area contributed by atoms with Gasteiger partial charge in [-0.3, -0.25) is 0 Å². The van der Waals surface area contributed by atoms with Crippen LogP contribution in [0, 0.1) is 0 Å². The van der Waals surface area contributed by atoms with Crippen LogP contribution in [0.15, 0.2) is 18.2 Å². The Hall–Kier alpha value is -0.680. The summed E-state index contributed by atoms with van der Waals surface area (Å²) in [7, 11) is 0. The molecule has 1 aromatic rings. The molecule has 0 N–H and O–H groups in total. The van der Waals surface area contributed by atoms with Crippen LogP contribution in [-0.4, -0.2) is 51.4 Å². The van der Waals surface area contributed by atoms with Crippen LogP contribution in [0.2, 0.25) is 0 Å². The van der Waals surface area contributed by atoms with Gasteiger partial charge < -0.3 is 18.9 Å². The van der Waals surface area contributed by atoms with Crippen molar-refractivity contribution in [3.63, 3.8) is 0 Å². The van der Waals surface area contributed by atoms with Crippen LogP contribution in [-0.2, 0) is 14.9 Å². The van der Waals surface area contributed by atoms with Gasteiger partial charge in [0.05, 0.1) is 26.4 Å². The van der Waals surface area contributed by atoms with Gasteiger partial charge in [-0.05, 0) is 29.5 Å². The van der Waals surface area contributed by atoms with Crippen LogP contribution < -0.4 is 9.47 Å². The van der Waals surface area contributed by atoms with Crippen molar-refractivity contribution in [2.75, 3.05) is 51.4 Å². The third-order valence-corrected chi connectivity index (χ3v) is 4.85. The summed E-state index contributed by atoms with van der Waals surface area (Å²) in [6.45, 7) is 9.75. The second-order valence-corrected chi connectivity index (χ2v) is 8.06. The predicted molar refractivity (Wildman–Crippen MR) is 118 cm³/mol. The molecule has 1 aromatic carbocycles. The maximum Gasteiger partial charge on any atom is 0.161 e. The Morgan fingerprint density at radius 3 is 1.96 bits per heavy atom. The number of ether oxygens (including phenoxy) is 4. The second-order valence-electron chi connectivity index (χ2n) is 7.30. The van der Waals surface area contributed by atoms with Gasteiger partial charge >= 0.3 is 0 Å². The maximum absolute atomic E-state index is 5.97. The molecular formula is C22H36Cl2O4. The molecule has 0 bridgehead atoms. The molecule has 1 rings (SSSR count). The van der Waals surface area contributed by atoms with Crippen LogP contribution in [0.1, 0.15) is 52.0 Å². The first kappa shape index (κ1) is 25.4. The van der Waals surface area contributed by atoms with Crippen LogP contribution >= 0.6 is 23.2 Å². The molecule has 0 fully saturated rings. The molecule has 0 aliphatic rings. The van der Waals surface area contributed by atoms with E-state index in [4.69, 9.17) is 42.1 Å². The third-order valence-electron chi connectivity index (χ3n) is 4.54. The molecule has 0 aromatic heterocycles. The number of hydrogen-bond donors (Lipinski definition) is 0. The van der Waals surface area contributed by atoms with E-state index in [9.17, 15) is 0 Å². The van der Waals surface area contributed by atoms with E-state index in [1.54, 1.807) is 0 Å². The van der Waals surface area contributed by atoms with Crippen LogP contribution in [0.4, 0.5) is 0 Å². The SMILES string of the molecule is CCCCCC(C)(C)c1ccc(OCCOCCCl)c(OCCOCCCl)c1. The molecule has 0 aliphatic carbocycles. The fourth-order valence-corrected chi connectivity index (χ4v) is 3.07. The highest BCUT2D eigenvalue weighted by atomic mass is 35.5. The van der Waals surface area contributed by atoms with E-state index >= 15 is 0 Å². The largest absolute Gasteiger partial charge is 0.487 e. The molecular weight excluding hydrogens is 399 g/mol. The quantitative estimate of drug-likeness (QED) is 0.229. The highest BCUT2D eigenvalue weighted by Gasteiger charge is 2.22. The summed E-state index contributed by atoms with van der Waals surface area (Å²) < 4.78 is 22.6. The molecule has 0 amide bonds. The van der Waals surface area contributed by atoms with Crippen molar-refractivity contribution >= 4 is 23.2 Å². The monoisotopic (exact) mass is 434 g/mol. The summed E-state index contributed by atoms with van der Waals surface area (Å²) >= 11 is 11.2. The van der Waals surface area contributed by atoms with Crippen molar-refractivity contribution < 1.29 is 18.9 Å². The van der Waals surface area contributed by atoms with Gasteiger partial charge in [0.1, 0.15) is 13.2 Å². The van der Waals surface area contributed by atoms with Crippen molar-refractivity contribution in [3.8, 4) is 11.5 Å². The lowest BCUT2D eigenvalue weighted by Crippen LogP contribution is -2.18. The summed E-state index contributed by atoms with van der Waals surface area (Å²) in [5.41, 5.74) is 1.34. The van der Waals surface area contributed by atoms with Gasteiger partial charge in [0.25, 0.3) is 0 Å². The molecule has 4 nitrogen and oxygen atoms in total. The number of unbranched alkanes of at least 4 members (excludes halogenated alkanes) is 2. The van der Waals surface area contributed by atoms with Crippen LogP contribution in [0.25, 0.3) is 0 Å². The standard InChI is InChI=1S/C22H36Cl2O4/c1-4-5-6-9-22(2,3)19-7-8-20(27-16-14-25-12-10-23)21(18-19)28-17-15-26-13-11-24/h7-8,18H,4-6,9-17H2,1-3H3. The van der Waals surface area contributed by atoms with Crippen molar-refractivity contribution in [2.24, 2.45) is 0 Å². The third kappa shape index (κ3) is 10.2. The van der Waals surface area contributed by atoms with E-state index in [0.29, 0.717) is 51.4 Å². The average molecular weight is 435 g/mol. The first-order valence-corrected chi connectivity index (χ1v) is 11.3. The molecule has 6 heteroatoms. The number of benzene rings is 1. The normalized spacial score (nSPS) is 11.6. The number of hydrogen-bond acceptors (Lipinski definition) is 4. The number of rotatable bonds is 17. The zero-order valence-electron chi connectivity index (χ0n) is 17.6. The minimum atomic E-state index is 0.0877. The van der Waals surface area contributed by atoms with Gasteiger partial charge in [-0.15, -0.1) is 23.2 Å². The summed E-state index contributed by atoms with van der Waals surface area (Å²) in [6.07, 6.45) is 4.85. The molecule has 162 valence electrons. The summed E-state index contributed by atoms with van der Waals surface area (Å²) in [4.78, 5) is 0. The van der Waals surface area contributed by atoms with Gasteiger partial charge in [0.15, 0.2) is 11.5 Å². The predicted octanol–water partition coefficient (Wildman–Crippen LogP) is 5.81. The maximum atomic E-state index is 5.97. The summed E-state index contributed by atoms with van der Waals surface area (Å²) in [5, 5.41) is 0. The van der Waals surface area contributed by atoms with Crippen molar-refractivity contribution in [1.29, 1.82) is 0 Å². The highest BCUT2D eigenvalue weighted by Crippen LogP contribution is 2.36. The van der Waals surface area contributed by atoms with Crippen molar-refractivity contribution in [1.82, 2.24) is 0 Å². The molecule has 0 unspecified atom stereocenters. The van der Waals surface area contributed by atoms with Crippen LogP contribution in [0.3, 0.4) is 0 Å². The fourth-order valence-electron chi connectivity index (χ4n) is 2.86. The molecule has 0 heterocycles. The topological polar surface area (TPSA) is 36.9 Å². The smallest absolute Gasteiger partial charge is 0.161 e. The van der Waals surface area contributed by atoms with E-state index in [1.165, 1.54) is 24.8 Å². The number of alkyl halides is 2. The van der Waals surface area contributed by atoms with Gasteiger partial charge in [0, 0.05) is 11.8 Å². The number of halogens is 2. The second kappa shape index (κ2) is 15.2. The lowest BCUT2D eigenvalue weighted by atomic mass is 9.80. The Morgan fingerprint density at radius 1 is 0.786 bits per heavy atom. The Bertz CT molecular complexity index is 523. The van der Waals surface area contributed by atoms with E-state index in [1.807, 2.05) is 6.07 Å².